The molecule has 8 nitrogen and oxygen atoms in total. The largest absolute Gasteiger partial charge is 0.394 e. The lowest BCUT2D eigenvalue weighted by Crippen LogP contribution is -2.39. The third-order valence-corrected chi connectivity index (χ3v) is 2.90. The van der Waals surface area contributed by atoms with Gasteiger partial charge in [-0.1, -0.05) is 6.92 Å². The van der Waals surface area contributed by atoms with Gasteiger partial charge in [0.2, 0.25) is 5.91 Å². The SMILES string of the molecule is CC[C@H](CO)NC(=O)Cn1nc(C)c([N+](=O)[O-])c1C. The molecule has 0 aromatic carbocycles. The van der Waals surface area contributed by atoms with Crippen LogP contribution in [0.4, 0.5) is 5.69 Å². The average Bonchev–Trinajstić information content (AvgIpc) is 2.61. The minimum absolute atomic E-state index is 0.0676. The third kappa shape index (κ3) is 3.50. The van der Waals surface area contributed by atoms with E-state index in [4.69, 9.17) is 5.11 Å². The van der Waals surface area contributed by atoms with E-state index in [1.54, 1.807) is 6.92 Å². The maximum Gasteiger partial charge on any atom is 0.312 e. The molecule has 1 atom stereocenters. The number of amides is 1. The van der Waals surface area contributed by atoms with Crippen LogP contribution in [0.2, 0.25) is 0 Å². The number of nitrogens with one attached hydrogen (secondary N) is 1. The average molecular weight is 270 g/mol. The van der Waals surface area contributed by atoms with Crippen LogP contribution in [0.1, 0.15) is 24.7 Å². The second kappa shape index (κ2) is 6.28. The van der Waals surface area contributed by atoms with Crippen molar-refractivity contribution in [1.29, 1.82) is 0 Å². The zero-order valence-corrected chi connectivity index (χ0v) is 11.2. The summed E-state index contributed by atoms with van der Waals surface area (Å²) in [7, 11) is 0. The zero-order chi connectivity index (χ0) is 14.6. The molecule has 1 aromatic rings. The molecule has 0 unspecified atom stereocenters. The Kier molecular flexibility index (Phi) is 4.99. The molecule has 0 aliphatic carbocycles. The molecule has 1 heterocycles. The van der Waals surface area contributed by atoms with Gasteiger partial charge >= 0.3 is 5.69 Å². The molecule has 106 valence electrons. The fourth-order valence-corrected chi connectivity index (χ4v) is 1.79. The van der Waals surface area contributed by atoms with Gasteiger partial charge in [0.1, 0.15) is 17.9 Å². The van der Waals surface area contributed by atoms with Crippen molar-refractivity contribution < 1.29 is 14.8 Å². The Hall–Kier alpha value is -1.96. The predicted octanol–water partition coefficient (Wildman–Crippen LogP) is 0.295. The van der Waals surface area contributed by atoms with Crippen molar-refractivity contribution in [1.82, 2.24) is 15.1 Å². The summed E-state index contributed by atoms with van der Waals surface area (Å²) in [4.78, 5) is 22.1. The minimum atomic E-state index is -0.505. The number of hydrogen-bond donors (Lipinski definition) is 2. The predicted molar refractivity (Wildman–Crippen MR) is 67.7 cm³/mol. The van der Waals surface area contributed by atoms with E-state index in [1.807, 2.05) is 6.92 Å². The molecule has 19 heavy (non-hydrogen) atoms. The monoisotopic (exact) mass is 270 g/mol. The lowest BCUT2D eigenvalue weighted by Gasteiger charge is -2.14. The highest BCUT2D eigenvalue weighted by molar-refractivity contribution is 5.76. The topological polar surface area (TPSA) is 110 Å². The van der Waals surface area contributed by atoms with Gasteiger partial charge in [0.25, 0.3) is 0 Å². The number of nitro groups is 1. The number of hydrogen-bond acceptors (Lipinski definition) is 5. The van der Waals surface area contributed by atoms with Crippen LogP contribution in [0.25, 0.3) is 0 Å². The highest BCUT2D eigenvalue weighted by Gasteiger charge is 2.23. The summed E-state index contributed by atoms with van der Waals surface area (Å²) < 4.78 is 1.30. The molecule has 0 aliphatic rings. The fourth-order valence-electron chi connectivity index (χ4n) is 1.79. The normalized spacial score (nSPS) is 12.2. The van der Waals surface area contributed by atoms with Crippen molar-refractivity contribution in [3.63, 3.8) is 0 Å². The second-order valence-corrected chi connectivity index (χ2v) is 4.29. The number of aliphatic hydroxyl groups is 1. The van der Waals surface area contributed by atoms with Crippen molar-refractivity contribution in [2.75, 3.05) is 6.61 Å². The quantitative estimate of drug-likeness (QED) is 0.570. The summed E-state index contributed by atoms with van der Waals surface area (Å²) in [5.74, 6) is -0.332. The molecule has 0 fully saturated rings. The summed E-state index contributed by atoms with van der Waals surface area (Å²) in [5.41, 5.74) is 0.557. The number of carbonyl (C=O) groups is 1. The summed E-state index contributed by atoms with van der Waals surface area (Å²) >= 11 is 0. The number of aliphatic hydroxyl groups excluding tert-OH is 1. The molecule has 0 spiro atoms. The van der Waals surface area contributed by atoms with Crippen molar-refractivity contribution in [3.8, 4) is 0 Å². The Labute approximate surface area is 110 Å². The lowest BCUT2D eigenvalue weighted by atomic mass is 10.2. The Morgan fingerprint density at radius 2 is 2.21 bits per heavy atom. The smallest absolute Gasteiger partial charge is 0.312 e. The molecule has 0 aliphatic heterocycles. The van der Waals surface area contributed by atoms with Crippen molar-refractivity contribution in [3.05, 3.63) is 21.5 Å². The number of carbonyl (C=O) groups excluding carboxylic acids is 1. The first-order chi connectivity index (χ1) is 8.90. The van der Waals surface area contributed by atoms with E-state index in [-0.39, 0.29) is 36.5 Å². The summed E-state index contributed by atoms with van der Waals surface area (Å²) in [6, 6.07) is -0.306. The molecule has 1 amide bonds. The van der Waals surface area contributed by atoms with Gasteiger partial charge in [-0.2, -0.15) is 5.10 Å². The van der Waals surface area contributed by atoms with Gasteiger partial charge in [0, 0.05) is 0 Å². The summed E-state index contributed by atoms with van der Waals surface area (Å²) in [6.45, 7) is 4.68. The maximum absolute atomic E-state index is 11.7. The number of rotatable bonds is 6. The molecule has 0 bridgehead atoms. The highest BCUT2D eigenvalue weighted by atomic mass is 16.6. The van der Waals surface area contributed by atoms with Gasteiger partial charge in [-0.3, -0.25) is 19.6 Å². The Balaban J connectivity index is 2.81. The van der Waals surface area contributed by atoms with E-state index in [2.05, 4.69) is 10.4 Å². The molecular formula is C11H18N4O4. The lowest BCUT2D eigenvalue weighted by molar-refractivity contribution is -0.386. The molecule has 2 N–H and O–H groups in total. The molecule has 0 radical (unpaired) electrons. The standard InChI is InChI=1S/C11H18N4O4/c1-4-9(6-16)12-10(17)5-14-8(3)11(15(18)19)7(2)13-14/h9,16H,4-6H2,1-3H3,(H,12,17)/t9-/m1/s1. The molecule has 1 rings (SSSR count). The Bertz CT molecular complexity index is 479. The van der Waals surface area contributed by atoms with Crippen LogP contribution >= 0.6 is 0 Å². The van der Waals surface area contributed by atoms with Crippen LogP contribution in [0, 0.1) is 24.0 Å². The van der Waals surface area contributed by atoms with Crippen LogP contribution in [0.5, 0.6) is 0 Å². The minimum Gasteiger partial charge on any atom is -0.394 e. The van der Waals surface area contributed by atoms with Gasteiger partial charge in [-0.25, -0.2) is 0 Å². The van der Waals surface area contributed by atoms with Gasteiger partial charge in [-0.05, 0) is 20.3 Å². The summed E-state index contributed by atoms with van der Waals surface area (Å²) in [6.07, 6.45) is 0.611. The van der Waals surface area contributed by atoms with Crippen molar-refractivity contribution >= 4 is 11.6 Å². The fraction of sp³-hybridized carbons (Fsp3) is 0.636. The number of aromatic nitrogens is 2. The van der Waals surface area contributed by atoms with E-state index >= 15 is 0 Å². The summed E-state index contributed by atoms with van der Waals surface area (Å²) in [5, 5.41) is 26.4. The highest BCUT2D eigenvalue weighted by Crippen LogP contribution is 2.21. The zero-order valence-electron chi connectivity index (χ0n) is 11.2. The number of aryl methyl sites for hydroxylation is 1. The first kappa shape index (κ1) is 15.1. The van der Waals surface area contributed by atoms with E-state index < -0.39 is 4.92 Å². The van der Waals surface area contributed by atoms with Crippen LogP contribution in [0.3, 0.4) is 0 Å². The van der Waals surface area contributed by atoms with E-state index in [1.165, 1.54) is 11.6 Å². The Morgan fingerprint density at radius 3 is 2.63 bits per heavy atom. The van der Waals surface area contributed by atoms with Crippen molar-refractivity contribution in [2.45, 2.75) is 39.8 Å². The van der Waals surface area contributed by atoms with E-state index in [9.17, 15) is 14.9 Å². The van der Waals surface area contributed by atoms with Gasteiger partial charge in [0.15, 0.2) is 0 Å². The number of nitrogens with zero attached hydrogens (tertiary/aromatic N) is 3. The van der Waals surface area contributed by atoms with Gasteiger partial charge in [0.05, 0.1) is 17.6 Å². The van der Waals surface area contributed by atoms with E-state index in [0.717, 1.165) is 0 Å². The van der Waals surface area contributed by atoms with Crippen molar-refractivity contribution in [2.24, 2.45) is 0 Å². The molecule has 0 saturated carbocycles. The van der Waals surface area contributed by atoms with E-state index in [0.29, 0.717) is 12.1 Å². The van der Waals surface area contributed by atoms with Crippen LogP contribution in [-0.4, -0.2) is 38.4 Å². The first-order valence-corrected chi connectivity index (χ1v) is 5.99. The second-order valence-electron chi connectivity index (χ2n) is 4.29. The molecule has 8 heteroatoms. The maximum atomic E-state index is 11.7. The molecule has 0 saturated heterocycles. The molecule has 1 aromatic heterocycles. The van der Waals surface area contributed by atoms with Crippen LogP contribution in [0.15, 0.2) is 0 Å². The van der Waals surface area contributed by atoms with Crippen LogP contribution in [-0.2, 0) is 11.3 Å². The van der Waals surface area contributed by atoms with Crippen LogP contribution < -0.4 is 5.32 Å². The molecular weight excluding hydrogens is 252 g/mol. The van der Waals surface area contributed by atoms with Gasteiger partial charge < -0.3 is 10.4 Å². The Morgan fingerprint density at radius 1 is 1.58 bits per heavy atom. The third-order valence-electron chi connectivity index (χ3n) is 2.90. The first-order valence-electron chi connectivity index (χ1n) is 5.99. The van der Waals surface area contributed by atoms with Gasteiger partial charge in [-0.15, -0.1) is 0 Å².